The molecule has 2 aliphatic carbocycles. The molecule has 0 bridgehead atoms. The number of hydrogen-bond acceptors (Lipinski definition) is 2. The van der Waals surface area contributed by atoms with Gasteiger partial charge in [-0.25, -0.2) is 0 Å². The third-order valence-corrected chi connectivity index (χ3v) is 5.39. The normalized spacial score (nSPS) is 36.1. The van der Waals surface area contributed by atoms with Crippen LogP contribution in [-0.2, 0) is 9.47 Å². The topological polar surface area (TPSA) is 18.5 Å². The molecule has 0 aromatic carbocycles. The predicted molar refractivity (Wildman–Crippen MR) is 79.0 cm³/mol. The van der Waals surface area contributed by atoms with E-state index in [1.807, 2.05) is 13.8 Å². The summed E-state index contributed by atoms with van der Waals surface area (Å²) in [5.74, 6) is 1.18. The molecule has 0 spiro atoms. The van der Waals surface area contributed by atoms with E-state index in [1.54, 1.807) is 7.11 Å². The molecule has 2 aliphatic rings. The fourth-order valence-corrected chi connectivity index (χ4v) is 3.96. The summed E-state index contributed by atoms with van der Waals surface area (Å²) >= 11 is 0. The average molecular weight is 266 g/mol. The first-order chi connectivity index (χ1) is 8.86. The molecule has 2 rings (SSSR count). The van der Waals surface area contributed by atoms with Gasteiger partial charge in [-0.3, -0.25) is 0 Å². The van der Waals surface area contributed by atoms with Crippen LogP contribution in [0.25, 0.3) is 0 Å². The zero-order chi connectivity index (χ0) is 14.1. The molecule has 0 saturated heterocycles. The number of methoxy groups -OCH3 is 1. The van der Waals surface area contributed by atoms with Crippen molar-refractivity contribution < 1.29 is 9.47 Å². The minimum atomic E-state index is -0.464. The van der Waals surface area contributed by atoms with Gasteiger partial charge in [0.25, 0.3) is 0 Å². The molecule has 2 nitrogen and oxygen atoms in total. The molecular weight excluding hydrogens is 236 g/mol. The van der Waals surface area contributed by atoms with Crippen LogP contribution in [0.1, 0.15) is 59.3 Å². The Hall–Kier alpha value is -0.340. The molecule has 0 aromatic heterocycles. The van der Waals surface area contributed by atoms with E-state index in [-0.39, 0.29) is 0 Å². The van der Waals surface area contributed by atoms with Crippen LogP contribution in [0.5, 0.6) is 0 Å². The number of fused-ring (bicyclic) bond motifs is 1. The van der Waals surface area contributed by atoms with Crippen molar-refractivity contribution in [3.8, 4) is 0 Å². The van der Waals surface area contributed by atoms with Crippen molar-refractivity contribution in [3.63, 3.8) is 0 Å². The lowest BCUT2D eigenvalue weighted by atomic mass is 9.58. The Morgan fingerprint density at radius 1 is 1.37 bits per heavy atom. The second kappa shape index (κ2) is 5.57. The summed E-state index contributed by atoms with van der Waals surface area (Å²) in [4.78, 5) is 0. The van der Waals surface area contributed by atoms with Gasteiger partial charge in [-0.05, 0) is 63.2 Å². The molecule has 0 N–H and O–H groups in total. The Bertz CT molecular complexity index is 334. The zero-order valence-corrected chi connectivity index (χ0v) is 13.1. The fourth-order valence-electron chi connectivity index (χ4n) is 3.96. The van der Waals surface area contributed by atoms with E-state index >= 15 is 0 Å². The van der Waals surface area contributed by atoms with Gasteiger partial charge in [0.2, 0.25) is 0 Å². The van der Waals surface area contributed by atoms with Crippen molar-refractivity contribution in [1.29, 1.82) is 0 Å². The van der Waals surface area contributed by atoms with Crippen molar-refractivity contribution >= 4 is 0 Å². The molecule has 0 amide bonds. The van der Waals surface area contributed by atoms with Crippen LogP contribution in [0.15, 0.2) is 12.2 Å². The highest BCUT2D eigenvalue weighted by atomic mass is 16.7. The van der Waals surface area contributed by atoms with Crippen molar-refractivity contribution in [3.05, 3.63) is 12.2 Å². The van der Waals surface area contributed by atoms with E-state index in [4.69, 9.17) is 9.47 Å². The highest BCUT2D eigenvalue weighted by Crippen LogP contribution is 2.52. The van der Waals surface area contributed by atoms with Gasteiger partial charge in [0.15, 0.2) is 5.79 Å². The highest BCUT2D eigenvalue weighted by Gasteiger charge is 2.44. The third kappa shape index (κ3) is 3.41. The Labute approximate surface area is 118 Å². The quantitative estimate of drug-likeness (QED) is 0.549. The molecule has 2 fully saturated rings. The fraction of sp³-hybridized carbons (Fsp3) is 0.882. The minimum Gasteiger partial charge on any atom is -0.354 e. The van der Waals surface area contributed by atoms with Crippen molar-refractivity contribution in [2.45, 2.75) is 65.1 Å². The molecule has 2 heteroatoms. The zero-order valence-electron chi connectivity index (χ0n) is 13.1. The second-order valence-corrected chi connectivity index (χ2v) is 7.30. The Balaban J connectivity index is 2.02. The molecule has 19 heavy (non-hydrogen) atoms. The maximum Gasteiger partial charge on any atom is 0.162 e. The van der Waals surface area contributed by atoms with E-state index in [2.05, 4.69) is 13.5 Å². The Kier molecular flexibility index (Phi) is 4.42. The molecule has 110 valence electrons. The lowest BCUT2D eigenvalue weighted by Crippen LogP contribution is -2.44. The lowest BCUT2D eigenvalue weighted by Gasteiger charge is -2.49. The van der Waals surface area contributed by atoms with Gasteiger partial charge in [-0.1, -0.05) is 25.5 Å². The Morgan fingerprint density at radius 2 is 2.11 bits per heavy atom. The minimum absolute atomic E-state index is 0.319. The maximum absolute atomic E-state index is 6.05. The summed E-state index contributed by atoms with van der Waals surface area (Å²) in [5, 5.41) is 0. The van der Waals surface area contributed by atoms with Gasteiger partial charge in [-0.15, -0.1) is 0 Å². The predicted octanol–water partition coefficient (Wildman–Crippen LogP) is 4.55. The second-order valence-electron chi connectivity index (χ2n) is 7.30. The Morgan fingerprint density at radius 3 is 2.79 bits per heavy atom. The molecular formula is C17H30O2. The highest BCUT2D eigenvalue weighted by molar-refractivity contribution is 5.06. The summed E-state index contributed by atoms with van der Waals surface area (Å²) in [7, 11) is 1.72. The summed E-state index contributed by atoms with van der Waals surface area (Å²) in [6.45, 7) is 11.4. The lowest BCUT2D eigenvalue weighted by molar-refractivity contribution is -0.221. The monoisotopic (exact) mass is 266 g/mol. The summed E-state index contributed by atoms with van der Waals surface area (Å²) in [6.07, 6.45) is 7.77. The molecule has 0 aromatic rings. The van der Waals surface area contributed by atoms with Gasteiger partial charge in [0.05, 0.1) is 6.61 Å². The van der Waals surface area contributed by atoms with Crippen LogP contribution in [0.4, 0.5) is 0 Å². The van der Waals surface area contributed by atoms with Crippen LogP contribution in [0.2, 0.25) is 0 Å². The summed E-state index contributed by atoms with van der Waals surface area (Å²) in [5.41, 5.74) is 1.78. The molecule has 2 unspecified atom stereocenters. The first kappa shape index (κ1) is 15.1. The van der Waals surface area contributed by atoms with Gasteiger partial charge >= 0.3 is 0 Å². The van der Waals surface area contributed by atoms with E-state index in [1.165, 1.54) is 44.1 Å². The van der Waals surface area contributed by atoms with Gasteiger partial charge < -0.3 is 9.47 Å². The summed E-state index contributed by atoms with van der Waals surface area (Å²) in [6, 6.07) is 0. The smallest absolute Gasteiger partial charge is 0.162 e. The SMILES string of the molecule is C=C1CCC2C(CCC[C@@]2(C)COC(C)(C)OC)C1. The van der Waals surface area contributed by atoms with Crippen LogP contribution in [0, 0.1) is 17.3 Å². The van der Waals surface area contributed by atoms with Gasteiger partial charge in [-0.2, -0.15) is 0 Å². The van der Waals surface area contributed by atoms with E-state index < -0.39 is 5.79 Å². The largest absolute Gasteiger partial charge is 0.354 e. The van der Waals surface area contributed by atoms with Crippen LogP contribution in [-0.4, -0.2) is 19.5 Å². The van der Waals surface area contributed by atoms with E-state index in [0.29, 0.717) is 5.41 Å². The molecule has 0 heterocycles. The van der Waals surface area contributed by atoms with Crippen LogP contribution >= 0.6 is 0 Å². The number of ether oxygens (including phenoxy) is 2. The van der Waals surface area contributed by atoms with Crippen LogP contribution in [0.3, 0.4) is 0 Å². The third-order valence-electron chi connectivity index (χ3n) is 5.39. The van der Waals surface area contributed by atoms with Gasteiger partial charge in [0, 0.05) is 7.11 Å². The van der Waals surface area contributed by atoms with Crippen molar-refractivity contribution in [2.24, 2.45) is 17.3 Å². The maximum atomic E-state index is 6.05. The molecule has 0 radical (unpaired) electrons. The molecule has 0 aliphatic heterocycles. The average Bonchev–Trinajstić information content (AvgIpc) is 2.37. The van der Waals surface area contributed by atoms with Gasteiger partial charge in [0.1, 0.15) is 0 Å². The van der Waals surface area contributed by atoms with E-state index in [0.717, 1.165) is 18.4 Å². The summed E-state index contributed by atoms with van der Waals surface area (Å²) < 4.78 is 11.4. The number of rotatable bonds is 4. The first-order valence-corrected chi connectivity index (χ1v) is 7.72. The van der Waals surface area contributed by atoms with Crippen LogP contribution < -0.4 is 0 Å². The standard InChI is InChI=1S/C17H30O2/c1-13-8-9-15-14(11-13)7-6-10-17(15,4)12-19-16(2,3)18-5/h14-15H,1,6-12H2,2-5H3/t14?,15?,17-/m0/s1. The number of allylic oxidation sites excluding steroid dienone is 1. The first-order valence-electron chi connectivity index (χ1n) is 7.72. The number of hydrogen-bond donors (Lipinski definition) is 0. The van der Waals surface area contributed by atoms with Crippen molar-refractivity contribution in [2.75, 3.05) is 13.7 Å². The van der Waals surface area contributed by atoms with E-state index in [9.17, 15) is 0 Å². The van der Waals surface area contributed by atoms with Crippen molar-refractivity contribution in [1.82, 2.24) is 0 Å². The molecule has 3 atom stereocenters. The molecule has 2 saturated carbocycles.